The van der Waals surface area contributed by atoms with Crippen LogP contribution in [0.1, 0.15) is 0 Å². The number of hydrogen-bond acceptors (Lipinski definition) is 3. The van der Waals surface area contributed by atoms with E-state index in [4.69, 9.17) is 5.73 Å². The molecular weight excluding hydrogens is 226 g/mol. The lowest BCUT2D eigenvalue weighted by Crippen LogP contribution is -2.21. The molecule has 18 heavy (non-hydrogen) atoms. The maximum Gasteiger partial charge on any atom is 0.354 e. The van der Waals surface area contributed by atoms with E-state index in [0.717, 1.165) is 16.8 Å². The highest BCUT2D eigenvalue weighted by Gasteiger charge is 2.10. The zero-order chi connectivity index (χ0) is 12.5. The van der Waals surface area contributed by atoms with Crippen molar-refractivity contribution in [3.63, 3.8) is 0 Å². The van der Waals surface area contributed by atoms with Gasteiger partial charge in [0.2, 0.25) is 0 Å². The number of hydrogen-bond donors (Lipinski definition) is 1. The van der Waals surface area contributed by atoms with Crippen molar-refractivity contribution in [1.82, 2.24) is 9.55 Å². The molecule has 2 aliphatic rings. The molecule has 0 aromatic carbocycles. The first-order chi connectivity index (χ1) is 8.75. The molecule has 0 bridgehead atoms. The first kappa shape index (κ1) is 10.5. The molecule has 1 heterocycles. The third-order valence-electron chi connectivity index (χ3n) is 2.85. The summed E-state index contributed by atoms with van der Waals surface area (Å²) >= 11 is 0. The van der Waals surface area contributed by atoms with Crippen molar-refractivity contribution in [2.24, 2.45) is 0 Å². The van der Waals surface area contributed by atoms with E-state index in [2.05, 4.69) is 4.98 Å². The van der Waals surface area contributed by atoms with Crippen LogP contribution >= 0.6 is 0 Å². The van der Waals surface area contributed by atoms with Gasteiger partial charge in [-0.2, -0.15) is 4.98 Å². The normalized spacial score (nSPS) is 10.7. The molecule has 1 aromatic heterocycles. The summed E-state index contributed by atoms with van der Waals surface area (Å²) in [4.78, 5) is 15.6. The second kappa shape index (κ2) is 4.00. The highest BCUT2D eigenvalue weighted by Crippen LogP contribution is 2.28. The highest BCUT2D eigenvalue weighted by molar-refractivity contribution is 5.76. The predicted molar refractivity (Wildman–Crippen MR) is 70.9 cm³/mol. The molecule has 4 heteroatoms. The molecule has 0 radical (unpaired) electrons. The smallest absolute Gasteiger partial charge is 0.354 e. The Morgan fingerprint density at radius 2 is 1.83 bits per heavy atom. The van der Waals surface area contributed by atoms with Crippen LogP contribution in [-0.4, -0.2) is 9.55 Å². The van der Waals surface area contributed by atoms with Crippen LogP contribution in [0.25, 0.3) is 16.8 Å². The van der Waals surface area contributed by atoms with Crippen LogP contribution in [0.5, 0.6) is 0 Å². The Morgan fingerprint density at radius 3 is 2.67 bits per heavy atom. The van der Waals surface area contributed by atoms with Gasteiger partial charge in [-0.05, 0) is 17.7 Å². The SMILES string of the molecule is Nc1ccn(-c2ccc3cccccc2-3)c(=O)n1. The zero-order valence-electron chi connectivity index (χ0n) is 9.58. The van der Waals surface area contributed by atoms with Crippen molar-refractivity contribution in [3.8, 4) is 16.8 Å². The fraction of sp³-hybridized carbons (Fsp3) is 0. The average Bonchev–Trinajstić information content (AvgIpc) is 2.59. The van der Waals surface area contributed by atoms with E-state index < -0.39 is 0 Å². The molecule has 1 aromatic rings. The van der Waals surface area contributed by atoms with Crippen LogP contribution in [0.3, 0.4) is 0 Å². The van der Waals surface area contributed by atoms with Gasteiger partial charge in [0, 0.05) is 11.8 Å². The minimum Gasteiger partial charge on any atom is -0.383 e. The number of nitrogen functional groups attached to an aromatic ring is 1. The molecular formula is C14H11N3O. The number of nitrogens with zero attached hydrogens (tertiary/aromatic N) is 2. The minimum absolute atomic E-state index is 0.234. The van der Waals surface area contributed by atoms with Gasteiger partial charge in [-0.15, -0.1) is 0 Å². The van der Waals surface area contributed by atoms with Crippen LogP contribution in [0.2, 0.25) is 0 Å². The van der Waals surface area contributed by atoms with E-state index in [1.54, 1.807) is 12.3 Å². The molecule has 4 nitrogen and oxygen atoms in total. The van der Waals surface area contributed by atoms with Crippen LogP contribution in [-0.2, 0) is 0 Å². The molecule has 0 saturated heterocycles. The summed E-state index contributed by atoms with van der Waals surface area (Å²) in [6.45, 7) is 0. The van der Waals surface area contributed by atoms with Crippen LogP contribution in [0.15, 0.2) is 59.5 Å². The quantitative estimate of drug-likeness (QED) is 0.703. The number of fused-ring (bicyclic) bond motifs is 1. The van der Waals surface area contributed by atoms with Gasteiger partial charge >= 0.3 is 5.69 Å². The highest BCUT2D eigenvalue weighted by atomic mass is 16.1. The van der Waals surface area contributed by atoms with E-state index in [9.17, 15) is 4.79 Å². The lowest BCUT2D eigenvalue weighted by Gasteiger charge is -2.05. The van der Waals surface area contributed by atoms with Crippen molar-refractivity contribution in [3.05, 3.63) is 65.2 Å². The molecule has 0 atom stereocenters. The standard InChI is InChI=1S/C14H11N3O/c15-13-8-9-17(14(18)16-13)12-7-6-10-4-2-1-3-5-11(10)12/h1-9H,(H2,15,16,18). The summed E-state index contributed by atoms with van der Waals surface area (Å²) in [7, 11) is 0. The number of rotatable bonds is 1. The molecule has 0 spiro atoms. The Bertz CT molecular complexity index is 733. The third kappa shape index (κ3) is 1.64. The minimum atomic E-state index is -0.367. The van der Waals surface area contributed by atoms with E-state index in [1.807, 2.05) is 42.5 Å². The number of nitrogens with two attached hydrogens (primary N) is 1. The van der Waals surface area contributed by atoms with Gasteiger partial charge in [0.05, 0.1) is 5.69 Å². The topological polar surface area (TPSA) is 60.9 Å². The van der Waals surface area contributed by atoms with Gasteiger partial charge in [0.15, 0.2) is 0 Å². The van der Waals surface area contributed by atoms with Crippen LogP contribution < -0.4 is 11.4 Å². The molecule has 0 fully saturated rings. The molecule has 2 aliphatic carbocycles. The monoisotopic (exact) mass is 237 g/mol. The lowest BCUT2D eigenvalue weighted by molar-refractivity contribution is 0.924. The van der Waals surface area contributed by atoms with E-state index >= 15 is 0 Å². The Labute approximate surface area is 104 Å². The van der Waals surface area contributed by atoms with Gasteiger partial charge in [0.1, 0.15) is 5.82 Å². The first-order valence-corrected chi connectivity index (χ1v) is 5.59. The molecule has 0 unspecified atom stereocenters. The summed E-state index contributed by atoms with van der Waals surface area (Å²) in [6.07, 6.45) is 1.65. The summed E-state index contributed by atoms with van der Waals surface area (Å²) in [5.74, 6) is 0.234. The molecule has 0 aliphatic heterocycles. The van der Waals surface area contributed by atoms with Crippen molar-refractivity contribution in [2.75, 3.05) is 5.73 Å². The fourth-order valence-electron chi connectivity index (χ4n) is 2.01. The largest absolute Gasteiger partial charge is 0.383 e. The van der Waals surface area contributed by atoms with Gasteiger partial charge in [-0.3, -0.25) is 4.57 Å². The average molecular weight is 237 g/mol. The first-order valence-electron chi connectivity index (χ1n) is 5.59. The third-order valence-corrected chi connectivity index (χ3v) is 2.85. The number of anilines is 1. The van der Waals surface area contributed by atoms with Gasteiger partial charge in [0.25, 0.3) is 0 Å². The molecule has 0 amide bonds. The maximum absolute atomic E-state index is 11.8. The summed E-state index contributed by atoms with van der Waals surface area (Å²) in [6, 6.07) is 15.4. The molecule has 3 rings (SSSR count). The molecule has 0 saturated carbocycles. The van der Waals surface area contributed by atoms with Crippen molar-refractivity contribution >= 4 is 5.82 Å². The maximum atomic E-state index is 11.8. The lowest BCUT2D eigenvalue weighted by atomic mass is 10.2. The second-order valence-electron chi connectivity index (χ2n) is 4.00. The number of aromatic nitrogens is 2. The second-order valence-corrected chi connectivity index (χ2v) is 4.00. The van der Waals surface area contributed by atoms with Crippen molar-refractivity contribution in [2.45, 2.75) is 0 Å². The summed E-state index contributed by atoms with van der Waals surface area (Å²) in [5.41, 5.74) is 8.03. The van der Waals surface area contributed by atoms with Crippen LogP contribution in [0.4, 0.5) is 5.82 Å². The molecule has 88 valence electrons. The van der Waals surface area contributed by atoms with Gasteiger partial charge in [-0.25, -0.2) is 4.79 Å². The fourth-order valence-corrected chi connectivity index (χ4v) is 2.01. The van der Waals surface area contributed by atoms with Crippen molar-refractivity contribution in [1.29, 1.82) is 0 Å². The Morgan fingerprint density at radius 1 is 1.00 bits per heavy atom. The Balaban J connectivity index is 2.26. The summed E-state index contributed by atoms with van der Waals surface area (Å²) < 4.78 is 1.50. The van der Waals surface area contributed by atoms with E-state index in [-0.39, 0.29) is 11.5 Å². The van der Waals surface area contributed by atoms with Crippen molar-refractivity contribution < 1.29 is 0 Å². The summed E-state index contributed by atoms with van der Waals surface area (Å²) in [5, 5.41) is 0. The Hall–Kier alpha value is -2.62. The van der Waals surface area contributed by atoms with Gasteiger partial charge in [-0.1, -0.05) is 36.4 Å². The van der Waals surface area contributed by atoms with Gasteiger partial charge < -0.3 is 5.73 Å². The van der Waals surface area contributed by atoms with E-state index in [1.165, 1.54) is 4.57 Å². The van der Waals surface area contributed by atoms with E-state index in [0.29, 0.717) is 0 Å². The predicted octanol–water partition coefficient (Wildman–Crippen LogP) is 1.92. The van der Waals surface area contributed by atoms with Crippen LogP contribution in [0, 0.1) is 0 Å². The zero-order valence-corrected chi connectivity index (χ0v) is 9.58. The Kier molecular flexibility index (Phi) is 2.34. The molecule has 2 N–H and O–H groups in total.